The number of amides is 2. The van der Waals surface area contributed by atoms with Crippen molar-refractivity contribution in [3.05, 3.63) is 80.7 Å². The minimum Gasteiger partial charge on any atom is -0.365 e. The second kappa shape index (κ2) is 8.24. The highest BCUT2D eigenvalue weighted by Gasteiger charge is 2.20. The molecule has 0 saturated heterocycles. The van der Waals surface area contributed by atoms with E-state index in [9.17, 15) is 19.7 Å². The summed E-state index contributed by atoms with van der Waals surface area (Å²) in [5.74, 6) is -0.738. The number of nitro benzene ring substituents is 1. The van der Waals surface area contributed by atoms with Crippen molar-refractivity contribution in [1.82, 2.24) is 0 Å². The van der Waals surface area contributed by atoms with Crippen molar-refractivity contribution in [1.29, 1.82) is 0 Å². The maximum atomic E-state index is 12.5. The van der Waals surface area contributed by atoms with Gasteiger partial charge in [-0.25, -0.2) is 0 Å². The fourth-order valence-corrected chi connectivity index (χ4v) is 3.83. The third kappa shape index (κ3) is 4.33. The molecule has 2 amide bonds. The fourth-order valence-electron chi connectivity index (χ4n) is 2.86. The van der Waals surface area contributed by atoms with Crippen LogP contribution in [0.3, 0.4) is 0 Å². The maximum Gasteiger partial charge on any atom is 0.269 e. The third-order valence-electron chi connectivity index (χ3n) is 4.49. The molecule has 1 heterocycles. The number of nitro groups is 1. The molecule has 0 saturated carbocycles. The molecule has 0 bridgehead atoms. The minimum absolute atomic E-state index is 0.109. The van der Waals surface area contributed by atoms with Gasteiger partial charge in [0.05, 0.1) is 10.5 Å². The summed E-state index contributed by atoms with van der Waals surface area (Å²) in [6, 6.07) is 13.1. The van der Waals surface area contributed by atoms with Crippen LogP contribution in [-0.2, 0) is 0 Å². The SMILES string of the molecule is CC(C)c1ccc(-c2csc(NC(=O)c3ccc([N+](=O)[O-])cc3)c2C(N)=O)cc1. The summed E-state index contributed by atoms with van der Waals surface area (Å²) in [6.07, 6.45) is 0. The Kier molecular flexibility index (Phi) is 5.74. The van der Waals surface area contributed by atoms with E-state index in [0.717, 1.165) is 5.56 Å². The largest absolute Gasteiger partial charge is 0.365 e. The summed E-state index contributed by atoms with van der Waals surface area (Å²) in [7, 11) is 0. The first-order valence-corrected chi connectivity index (χ1v) is 9.73. The summed E-state index contributed by atoms with van der Waals surface area (Å²) in [5, 5.41) is 15.5. The van der Waals surface area contributed by atoms with Gasteiger partial charge in [-0.1, -0.05) is 38.1 Å². The van der Waals surface area contributed by atoms with E-state index in [-0.39, 0.29) is 16.8 Å². The van der Waals surface area contributed by atoms with Crippen molar-refractivity contribution in [2.24, 2.45) is 5.73 Å². The molecule has 3 rings (SSSR count). The molecular weight excluding hydrogens is 390 g/mol. The Hall–Kier alpha value is -3.52. The predicted molar refractivity (Wildman–Crippen MR) is 113 cm³/mol. The van der Waals surface area contributed by atoms with Gasteiger partial charge in [0.25, 0.3) is 17.5 Å². The molecule has 1 aromatic heterocycles. The minimum atomic E-state index is -0.645. The van der Waals surface area contributed by atoms with Crippen LogP contribution in [0.5, 0.6) is 0 Å². The quantitative estimate of drug-likeness (QED) is 0.449. The second-order valence-electron chi connectivity index (χ2n) is 6.75. The van der Waals surface area contributed by atoms with Crippen LogP contribution in [-0.4, -0.2) is 16.7 Å². The number of carbonyl (C=O) groups excluding carboxylic acids is 2. The number of carbonyl (C=O) groups is 2. The van der Waals surface area contributed by atoms with Gasteiger partial charge in [0, 0.05) is 28.6 Å². The number of anilines is 1. The van der Waals surface area contributed by atoms with E-state index < -0.39 is 16.7 Å². The molecule has 29 heavy (non-hydrogen) atoms. The highest BCUT2D eigenvalue weighted by molar-refractivity contribution is 7.15. The summed E-state index contributed by atoms with van der Waals surface area (Å²) in [4.78, 5) is 34.8. The van der Waals surface area contributed by atoms with Gasteiger partial charge in [0.2, 0.25) is 0 Å². The van der Waals surface area contributed by atoms with Gasteiger partial charge >= 0.3 is 0 Å². The van der Waals surface area contributed by atoms with Crippen molar-refractivity contribution in [3.8, 4) is 11.1 Å². The van der Waals surface area contributed by atoms with Gasteiger partial charge in [0.15, 0.2) is 0 Å². The lowest BCUT2D eigenvalue weighted by Gasteiger charge is -2.09. The Bertz CT molecular complexity index is 1070. The summed E-state index contributed by atoms with van der Waals surface area (Å²) in [5.41, 5.74) is 8.61. The van der Waals surface area contributed by atoms with Crippen molar-refractivity contribution >= 4 is 33.8 Å². The van der Waals surface area contributed by atoms with Gasteiger partial charge in [-0.2, -0.15) is 0 Å². The van der Waals surface area contributed by atoms with Crippen LogP contribution < -0.4 is 11.1 Å². The molecule has 148 valence electrons. The molecular formula is C21H19N3O4S. The molecule has 7 nitrogen and oxygen atoms in total. The van der Waals surface area contributed by atoms with Crippen LogP contribution in [0.4, 0.5) is 10.7 Å². The Labute approximate surface area is 171 Å². The third-order valence-corrected chi connectivity index (χ3v) is 5.39. The van der Waals surface area contributed by atoms with E-state index in [2.05, 4.69) is 19.2 Å². The monoisotopic (exact) mass is 409 g/mol. The molecule has 2 aromatic carbocycles. The molecule has 0 aliphatic rings. The summed E-state index contributed by atoms with van der Waals surface area (Å²) in [6.45, 7) is 4.19. The number of hydrogen-bond donors (Lipinski definition) is 2. The van der Waals surface area contributed by atoms with Gasteiger partial charge in [-0.15, -0.1) is 11.3 Å². The van der Waals surface area contributed by atoms with Crippen LogP contribution in [0.15, 0.2) is 53.9 Å². The Morgan fingerprint density at radius 3 is 2.21 bits per heavy atom. The van der Waals surface area contributed by atoms with E-state index >= 15 is 0 Å². The number of non-ortho nitro benzene ring substituents is 1. The zero-order chi connectivity index (χ0) is 21.1. The zero-order valence-electron chi connectivity index (χ0n) is 15.8. The first-order valence-electron chi connectivity index (χ1n) is 8.85. The van der Waals surface area contributed by atoms with E-state index in [1.807, 2.05) is 24.3 Å². The van der Waals surface area contributed by atoms with E-state index in [1.54, 1.807) is 5.38 Å². The number of primary amides is 1. The van der Waals surface area contributed by atoms with Crippen molar-refractivity contribution in [2.45, 2.75) is 19.8 Å². The molecule has 8 heteroatoms. The highest BCUT2D eigenvalue weighted by atomic mass is 32.1. The van der Waals surface area contributed by atoms with Crippen molar-refractivity contribution < 1.29 is 14.5 Å². The molecule has 0 aliphatic heterocycles. The summed E-state index contributed by atoms with van der Waals surface area (Å²) >= 11 is 1.20. The van der Waals surface area contributed by atoms with Crippen LogP contribution in [0.25, 0.3) is 11.1 Å². The lowest BCUT2D eigenvalue weighted by atomic mass is 9.98. The molecule has 0 fully saturated rings. The first kappa shape index (κ1) is 20.2. The molecule has 0 aliphatic carbocycles. The maximum absolute atomic E-state index is 12.5. The molecule has 0 atom stereocenters. The number of nitrogens with one attached hydrogen (secondary N) is 1. The standard InChI is InChI=1S/C21H19N3O4S/c1-12(2)13-3-5-14(6-4-13)17-11-29-21(18(17)19(22)25)23-20(26)15-7-9-16(10-8-15)24(27)28/h3-12H,1-2H3,(H2,22,25)(H,23,26). The van der Waals surface area contributed by atoms with Gasteiger partial charge in [-0.3, -0.25) is 19.7 Å². The number of thiophene rings is 1. The Morgan fingerprint density at radius 2 is 1.69 bits per heavy atom. The molecule has 0 unspecified atom stereocenters. The number of hydrogen-bond acceptors (Lipinski definition) is 5. The number of nitrogens with zero attached hydrogens (tertiary/aromatic N) is 1. The number of benzene rings is 2. The Morgan fingerprint density at radius 1 is 1.07 bits per heavy atom. The zero-order valence-corrected chi connectivity index (χ0v) is 16.7. The number of nitrogens with two attached hydrogens (primary N) is 1. The van der Waals surface area contributed by atoms with Gasteiger partial charge in [-0.05, 0) is 29.2 Å². The van der Waals surface area contributed by atoms with E-state index in [4.69, 9.17) is 5.73 Å². The molecule has 0 spiro atoms. The molecule has 0 radical (unpaired) electrons. The van der Waals surface area contributed by atoms with Crippen LogP contribution in [0, 0.1) is 10.1 Å². The first-order chi connectivity index (χ1) is 13.8. The fraction of sp³-hybridized carbons (Fsp3) is 0.143. The highest BCUT2D eigenvalue weighted by Crippen LogP contribution is 2.36. The predicted octanol–water partition coefficient (Wildman–Crippen LogP) is 4.80. The smallest absolute Gasteiger partial charge is 0.269 e. The lowest BCUT2D eigenvalue weighted by molar-refractivity contribution is -0.384. The average Bonchev–Trinajstić information content (AvgIpc) is 3.11. The topological polar surface area (TPSA) is 115 Å². The Balaban J connectivity index is 1.89. The van der Waals surface area contributed by atoms with Crippen molar-refractivity contribution in [2.75, 3.05) is 5.32 Å². The second-order valence-corrected chi connectivity index (χ2v) is 7.63. The molecule has 3 N–H and O–H groups in total. The van der Waals surface area contributed by atoms with E-state index in [0.29, 0.717) is 16.5 Å². The normalized spacial score (nSPS) is 10.7. The summed E-state index contributed by atoms with van der Waals surface area (Å²) < 4.78 is 0. The van der Waals surface area contributed by atoms with Crippen LogP contribution >= 0.6 is 11.3 Å². The number of rotatable bonds is 6. The van der Waals surface area contributed by atoms with Crippen LogP contribution in [0.2, 0.25) is 0 Å². The lowest BCUT2D eigenvalue weighted by Crippen LogP contribution is -2.17. The molecule has 3 aromatic rings. The van der Waals surface area contributed by atoms with Gasteiger partial charge < -0.3 is 11.1 Å². The van der Waals surface area contributed by atoms with E-state index in [1.165, 1.54) is 41.2 Å². The van der Waals surface area contributed by atoms with Gasteiger partial charge in [0.1, 0.15) is 5.00 Å². The van der Waals surface area contributed by atoms with Crippen LogP contribution in [0.1, 0.15) is 46.0 Å². The average molecular weight is 409 g/mol. The van der Waals surface area contributed by atoms with Crippen molar-refractivity contribution in [3.63, 3.8) is 0 Å².